The maximum absolute atomic E-state index is 6.33. The SMILES string of the molecule is Cc1c(OC[C@H](C)O[Si](C)(C)C(C)(C)C)nn(-c2ccccc2)c1N. The lowest BCUT2D eigenvalue weighted by molar-refractivity contribution is 0.126. The third-order valence-corrected chi connectivity index (χ3v) is 9.49. The summed E-state index contributed by atoms with van der Waals surface area (Å²) in [7, 11) is -1.81. The molecule has 0 fully saturated rings. The van der Waals surface area contributed by atoms with Gasteiger partial charge < -0.3 is 14.9 Å². The first-order valence-corrected chi connectivity index (χ1v) is 11.6. The van der Waals surface area contributed by atoms with Gasteiger partial charge in [0.1, 0.15) is 12.4 Å². The van der Waals surface area contributed by atoms with Crippen LogP contribution in [0.1, 0.15) is 33.3 Å². The Morgan fingerprint density at radius 3 is 2.36 bits per heavy atom. The number of ether oxygens (including phenoxy) is 1. The molecule has 138 valence electrons. The van der Waals surface area contributed by atoms with Gasteiger partial charge in [-0.25, -0.2) is 4.68 Å². The number of hydrogen-bond donors (Lipinski definition) is 1. The van der Waals surface area contributed by atoms with E-state index in [2.05, 4.69) is 39.0 Å². The lowest BCUT2D eigenvalue weighted by atomic mass is 10.2. The van der Waals surface area contributed by atoms with Crippen molar-refractivity contribution in [3.63, 3.8) is 0 Å². The molecule has 0 bridgehead atoms. The molecule has 0 spiro atoms. The van der Waals surface area contributed by atoms with Gasteiger partial charge in [0.2, 0.25) is 5.88 Å². The molecule has 25 heavy (non-hydrogen) atoms. The summed E-state index contributed by atoms with van der Waals surface area (Å²) in [5.74, 6) is 1.16. The number of anilines is 1. The maximum atomic E-state index is 6.33. The molecule has 2 rings (SSSR count). The number of nitrogen functional groups attached to an aromatic ring is 1. The highest BCUT2D eigenvalue weighted by Gasteiger charge is 2.38. The Balaban J connectivity index is 2.07. The van der Waals surface area contributed by atoms with Gasteiger partial charge >= 0.3 is 0 Å². The lowest BCUT2D eigenvalue weighted by Gasteiger charge is -2.38. The topological polar surface area (TPSA) is 62.3 Å². The summed E-state index contributed by atoms with van der Waals surface area (Å²) in [4.78, 5) is 0. The summed E-state index contributed by atoms with van der Waals surface area (Å²) in [5, 5.41) is 4.70. The van der Waals surface area contributed by atoms with E-state index >= 15 is 0 Å². The van der Waals surface area contributed by atoms with Gasteiger partial charge in [-0.15, -0.1) is 5.10 Å². The van der Waals surface area contributed by atoms with Gasteiger partial charge in [0.05, 0.1) is 17.4 Å². The fourth-order valence-electron chi connectivity index (χ4n) is 2.30. The fraction of sp³-hybridized carbons (Fsp3) is 0.526. The number of benzene rings is 1. The van der Waals surface area contributed by atoms with Gasteiger partial charge in [-0.05, 0) is 44.1 Å². The smallest absolute Gasteiger partial charge is 0.238 e. The summed E-state index contributed by atoms with van der Waals surface area (Å²) in [5.41, 5.74) is 7.97. The van der Waals surface area contributed by atoms with E-state index in [1.165, 1.54) is 0 Å². The molecule has 1 aromatic heterocycles. The molecule has 2 N–H and O–H groups in total. The molecular weight excluding hydrogens is 330 g/mol. The van der Waals surface area contributed by atoms with Crippen LogP contribution in [-0.4, -0.2) is 30.8 Å². The molecule has 0 unspecified atom stereocenters. The van der Waals surface area contributed by atoms with Crippen LogP contribution in [0.15, 0.2) is 30.3 Å². The van der Waals surface area contributed by atoms with Crippen LogP contribution < -0.4 is 10.5 Å². The minimum absolute atomic E-state index is 0.00314. The second-order valence-electron chi connectivity index (χ2n) is 8.06. The van der Waals surface area contributed by atoms with Crippen LogP contribution in [0.5, 0.6) is 5.88 Å². The predicted molar refractivity (Wildman–Crippen MR) is 106 cm³/mol. The highest BCUT2D eigenvalue weighted by Crippen LogP contribution is 2.37. The summed E-state index contributed by atoms with van der Waals surface area (Å²) in [6.45, 7) is 15.6. The van der Waals surface area contributed by atoms with Crippen molar-refractivity contribution in [2.45, 2.75) is 58.9 Å². The second-order valence-corrected chi connectivity index (χ2v) is 12.8. The molecule has 2 aromatic rings. The molecule has 0 aliphatic heterocycles. The van der Waals surface area contributed by atoms with E-state index < -0.39 is 8.32 Å². The Morgan fingerprint density at radius 2 is 1.80 bits per heavy atom. The van der Waals surface area contributed by atoms with Gasteiger partial charge in [0.15, 0.2) is 8.32 Å². The highest BCUT2D eigenvalue weighted by atomic mass is 28.4. The zero-order valence-corrected chi connectivity index (χ0v) is 17.5. The van der Waals surface area contributed by atoms with Crippen molar-refractivity contribution in [1.82, 2.24) is 9.78 Å². The zero-order valence-electron chi connectivity index (χ0n) is 16.5. The molecule has 5 nitrogen and oxygen atoms in total. The first kappa shape index (κ1) is 19.5. The lowest BCUT2D eigenvalue weighted by Crippen LogP contribution is -2.44. The average molecular weight is 362 g/mol. The number of aromatic nitrogens is 2. The summed E-state index contributed by atoms with van der Waals surface area (Å²) < 4.78 is 14.0. The molecule has 6 heteroatoms. The normalized spacial score (nSPS) is 13.7. The molecule has 0 saturated carbocycles. The third-order valence-electron chi connectivity index (χ3n) is 4.88. The van der Waals surface area contributed by atoms with Crippen LogP contribution in [0.25, 0.3) is 5.69 Å². The van der Waals surface area contributed by atoms with Crippen LogP contribution >= 0.6 is 0 Å². The van der Waals surface area contributed by atoms with Crippen LogP contribution in [0, 0.1) is 6.92 Å². The van der Waals surface area contributed by atoms with E-state index in [9.17, 15) is 0 Å². The maximum Gasteiger partial charge on any atom is 0.238 e. The van der Waals surface area contributed by atoms with Crippen molar-refractivity contribution < 1.29 is 9.16 Å². The van der Waals surface area contributed by atoms with Crippen molar-refractivity contribution in [1.29, 1.82) is 0 Å². The van der Waals surface area contributed by atoms with E-state index in [0.29, 0.717) is 18.3 Å². The first-order valence-electron chi connectivity index (χ1n) is 8.74. The van der Waals surface area contributed by atoms with Gasteiger partial charge in [0, 0.05) is 0 Å². The molecule has 0 radical (unpaired) electrons. The van der Waals surface area contributed by atoms with Crippen LogP contribution in [0.4, 0.5) is 5.82 Å². The van der Waals surface area contributed by atoms with Crippen molar-refractivity contribution in [3.8, 4) is 11.6 Å². The van der Waals surface area contributed by atoms with Crippen LogP contribution in [0.2, 0.25) is 18.1 Å². The van der Waals surface area contributed by atoms with E-state index in [1.54, 1.807) is 4.68 Å². The number of para-hydroxylation sites is 1. The second kappa shape index (κ2) is 7.21. The van der Waals surface area contributed by atoms with Crippen molar-refractivity contribution >= 4 is 14.1 Å². The monoisotopic (exact) mass is 361 g/mol. The van der Waals surface area contributed by atoms with Gasteiger partial charge in [-0.2, -0.15) is 0 Å². The van der Waals surface area contributed by atoms with Crippen LogP contribution in [-0.2, 0) is 4.43 Å². The highest BCUT2D eigenvalue weighted by molar-refractivity contribution is 6.74. The van der Waals surface area contributed by atoms with E-state index in [-0.39, 0.29) is 11.1 Å². The zero-order chi connectivity index (χ0) is 18.8. The Kier molecular flexibility index (Phi) is 5.64. The van der Waals surface area contributed by atoms with Gasteiger partial charge in [-0.1, -0.05) is 39.0 Å². The van der Waals surface area contributed by atoms with Gasteiger partial charge in [0.25, 0.3) is 0 Å². The Morgan fingerprint density at radius 1 is 1.20 bits per heavy atom. The predicted octanol–water partition coefficient (Wildman–Crippen LogP) is 4.55. The molecule has 0 aliphatic rings. The number of rotatable bonds is 6. The molecular formula is C19H31N3O2Si. The summed E-state index contributed by atoms with van der Waals surface area (Å²) >= 11 is 0. The summed E-state index contributed by atoms with van der Waals surface area (Å²) in [6, 6.07) is 9.82. The third kappa shape index (κ3) is 4.44. The van der Waals surface area contributed by atoms with Gasteiger partial charge in [-0.3, -0.25) is 0 Å². The average Bonchev–Trinajstić information content (AvgIpc) is 2.80. The van der Waals surface area contributed by atoms with E-state index in [0.717, 1.165) is 11.3 Å². The Hall–Kier alpha value is -1.79. The Bertz CT molecular complexity index is 705. The standard InChI is InChI=1S/C19H31N3O2Si/c1-14(24-25(6,7)19(3,4)5)13-23-18-15(2)17(20)22(21-18)16-11-9-8-10-12-16/h8-12,14H,13,20H2,1-7H3/t14-/m0/s1. The molecule has 1 heterocycles. The molecule has 1 atom stereocenters. The summed E-state index contributed by atoms with van der Waals surface area (Å²) in [6.07, 6.45) is 0.00314. The number of nitrogens with zero attached hydrogens (tertiary/aromatic N) is 2. The molecule has 0 saturated heterocycles. The van der Waals surface area contributed by atoms with E-state index in [4.69, 9.17) is 14.9 Å². The van der Waals surface area contributed by atoms with Crippen molar-refractivity contribution in [2.75, 3.05) is 12.3 Å². The first-order chi connectivity index (χ1) is 11.5. The number of hydrogen-bond acceptors (Lipinski definition) is 4. The molecule has 1 aromatic carbocycles. The number of nitrogens with two attached hydrogens (primary N) is 1. The quantitative estimate of drug-likeness (QED) is 0.767. The molecule has 0 aliphatic carbocycles. The minimum atomic E-state index is -1.81. The fourth-order valence-corrected chi connectivity index (χ4v) is 3.73. The minimum Gasteiger partial charge on any atom is -0.474 e. The van der Waals surface area contributed by atoms with Crippen molar-refractivity contribution in [3.05, 3.63) is 35.9 Å². The van der Waals surface area contributed by atoms with Crippen LogP contribution in [0.3, 0.4) is 0 Å². The van der Waals surface area contributed by atoms with E-state index in [1.807, 2.05) is 44.2 Å². The Labute approximate surface area is 152 Å². The largest absolute Gasteiger partial charge is 0.474 e. The molecule has 0 amide bonds. The van der Waals surface area contributed by atoms with Crippen molar-refractivity contribution in [2.24, 2.45) is 0 Å².